The van der Waals surface area contributed by atoms with Crippen LogP contribution in [0.25, 0.3) is 32.9 Å². The zero-order chi connectivity index (χ0) is 46.3. The molecule has 7 fully saturated rings. The Morgan fingerprint density at radius 1 is 0.912 bits per heavy atom. The molecule has 7 aliphatic rings. The minimum absolute atomic E-state index is 0.0134. The molecule has 3 N–H and O–H groups in total. The van der Waals surface area contributed by atoms with Crippen LogP contribution in [0.4, 0.5) is 25.1 Å². The summed E-state index contributed by atoms with van der Waals surface area (Å²) in [5, 5.41) is 18.0. The van der Waals surface area contributed by atoms with Crippen LogP contribution in [-0.2, 0) is 4.79 Å². The number of hydrogen-bond donors (Lipinski definition) is 3. The van der Waals surface area contributed by atoms with Crippen molar-refractivity contribution in [3.8, 4) is 35.4 Å². The number of piperidine rings is 2. The number of halogens is 2. The van der Waals surface area contributed by atoms with Gasteiger partial charge in [-0.15, -0.1) is 6.42 Å². The van der Waals surface area contributed by atoms with E-state index in [1.54, 1.807) is 11.1 Å². The number of nitrogens with zero attached hydrogens (tertiary/aromatic N) is 7. The maximum atomic E-state index is 17.1. The summed E-state index contributed by atoms with van der Waals surface area (Å²) in [6.07, 6.45) is 19.1. The SMILES string of the molecule is C#Cc1c(F)ccc2cc(O)cc(-c3ncc4c(N5CC6CCC(C5)N6)nc(OCC5(CN6CCC7(CC6)CC(N6CCC(c8cccc(N9CCC(=O)NC9=O)c8)CC6)C7)CC5)nc4c3F)c12. The maximum absolute atomic E-state index is 17.1. The van der Waals surface area contributed by atoms with E-state index in [1.165, 1.54) is 55.5 Å². The van der Waals surface area contributed by atoms with Gasteiger partial charge >= 0.3 is 12.0 Å². The number of terminal acetylenes is 1. The van der Waals surface area contributed by atoms with Gasteiger partial charge in [0.1, 0.15) is 28.6 Å². The minimum Gasteiger partial charge on any atom is -0.508 e. The molecule has 3 amide bonds. The average Bonchev–Trinajstić information content (AvgIpc) is 4.02. The van der Waals surface area contributed by atoms with E-state index >= 15 is 8.78 Å². The lowest BCUT2D eigenvalue weighted by atomic mass is 9.59. The molecule has 2 unspecified atom stereocenters. The molecule has 13 nitrogen and oxygen atoms in total. The summed E-state index contributed by atoms with van der Waals surface area (Å²) < 4.78 is 38.7. The lowest BCUT2D eigenvalue weighted by Gasteiger charge is -2.56. The van der Waals surface area contributed by atoms with Crippen LogP contribution >= 0.6 is 0 Å². The summed E-state index contributed by atoms with van der Waals surface area (Å²) in [6, 6.07) is 15.0. The molecule has 0 radical (unpaired) electrons. The third-order valence-corrected chi connectivity index (χ3v) is 16.6. The summed E-state index contributed by atoms with van der Waals surface area (Å²) in [4.78, 5) is 47.7. The summed E-state index contributed by atoms with van der Waals surface area (Å²) in [7, 11) is 0. The summed E-state index contributed by atoms with van der Waals surface area (Å²) in [5.74, 6) is 1.80. The lowest BCUT2D eigenvalue weighted by Crippen LogP contribution is -2.56. The number of hydrogen-bond acceptors (Lipinski definition) is 11. The molecule has 352 valence electrons. The molecule has 5 saturated heterocycles. The van der Waals surface area contributed by atoms with Crippen LogP contribution in [0.5, 0.6) is 11.8 Å². The highest BCUT2D eigenvalue weighted by Crippen LogP contribution is 2.53. The second-order valence-corrected chi connectivity index (χ2v) is 21.0. The molecule has 1 spiro atoms. The smallest absolute Gasteiger partial charge is 0.328 e. The Morgan fingerprint density at radius 2 is 1.69 bits per heavy atom. The first-order valence-electron chi connectivity index (χ1n) is 24.6. The lowest BCUT2D eigenvalue weighted by molar-refractivity contribution is -0.120. The van der Waals surface area contributed by atoms with Gasteiger partial charge in [0.05, 0.1) is 17.6 Å². The van der Waals surface area contributed by atoms with Crippen molar-refractivity contribution < 1.29 is 28.2 Å². The largest absolute Gasteiger partial charge is 0.508 e. The van der Waals surface area contributed by atoms with Crippen LogP contribution in [0.1, 0.15) is 87.7 Å². The topological polar surface area (TPSA) is 139 Å². The molecular weight excluding hydrogens is 865 g/mol. The van der Waals surface area contributed by atoms with Crippen LogP contribution in [0.15, 0.2) is 54.7 Å². The van der Waals surface area contributed by atoms with E-state index in [0.717, 1.165) is 90.0 Å². The Bertz CT molecular complexity index is 2870. The molecule has 2 atom stereocenters. The van der Waals surface area contributed by atoms with Gasteiger partial charge in [-0.2, -0.15) is 9.97 Å². The quantitative estimate of drug-likeness (QED) is 0.120. The van der Waals surface area contributed by atoms with Crippen LogP contribution in [0.2, 0.25) is 0 Å². The number of urea groups is 1. The van der Waals surface area contributed by atoms with Gasteiger partial charge in [0.25, 0.3) is 0 Å². The number of carbonyl (C=O) groups excluding carboxylic acids is 2. The number of rotatable bonds is 10. The number of aromatic hydroxyl groups is 1. The van der Waals surface area contributed by atoms with Crippen molar-refractivity contribution in [2.45, 2.75) is 94.7 Å². The highest BCUT2D eigenvalue weighted by molar-refractivity contribution is 6.06. The number of fused-ring (bicyclic) bond motifs is 4. The number of amides is 3. The second-order valence-electron chi connectivity index (χ2n) is 21.0. The number of likely N-dealkylation sites (tertiary alicyclic amines) is 2. The molecule has 3 aromatic carbocycles. The highest BCUT2D eigenvalue weighted by atomic mass is 19.1. The van der Waals surface area contributed by atoms with Crippen molar-refractivity contribution in [1.82, 2.24) is 35.4 Å². The number of anilines is 2. The molecule has 7 heterocycles. The molecule has 68 heavy (non-hydrogen) atoms. The molecule has 15 heteroatoms. The molecular formula is C53H57F2N9O4. The van der Waals surface area contributed by atoms with Gasteiger partial charge in [-0.1, -0.05) is 24.1 Å². The summed E-state index contributed by atoms with van der Waals surface area (Å²) in [6.45, 7) is 7.58. The van der Waals surface area contributed by atoms with Crippen LogP contribution in [-0.4, -0.2) is 119 Å². The molecule has 5 aliphatic heterocycles. The third-order valence-electron chi connectivity index (χ3n) is 16.6. The predicted molar refractivity (Wildman–Crippen MR) is 256 cm³/mol. The summed E-state index contributed by atoms with van der Waals surface area (Å²) in [5.41, 5.74) is 2.66. The van der Waals surface area contributed by atoms with Gasteiger partial charge in [-0.05, 0) is 143 Å². The fraction of sp³-hybridized carbons (Fsp3) is 0.491. The zero-order valence-electron chi connectivity index (χ0n) is 38.3. The van der Waals surface area contributed by atoms with E-state index in [4.69, 9.17) is 21.1 Å². The van der Waals surface area contributed by atoms with Crippen molar-refractivity contribution in [2.24, 2.45) is 10.8 Å². The number of imide groups is 1. The normalized spacial score (nSPS) is 24.1. The number of phenols is 1. The van der Waals surface area contributed by atoms with E-state index in [-0.39, 0.29) is 51.5 Å². The Labute approximate surface area is 394 Å². The number of carbonyl (C=O) groups is 2. The number of aromatic nitrogens is 3. The standard InChI is InChI=1S/C53H57F2N9O4/c1-2-40-43(54)9-6-34-23-39(65)24-41(45(34)40)47-46(55)48-42(27-56-47)49(63-28-35-7-8-36(29-63)57-35)60-50(59-48)68-31-53(13-14-53)30-61-20-15-52(16-21-61)25-38(26-52)62-17-10-32(11-18-62)33-4-3-5-37(22-33)64-19-12-44(66)58-51(64)67/h1,3-6,9,22-24,27,32,35-36,38,57,65H,7-8,10-21,25-26,28-31H2,(H,58,66,67). The van der Waals surface area contributed by atoms with E-state index < -0.39 is 11.6 Å². The number of benzene rings is 3. The van der Waals surface area contributed by atoms with Crippen molar-refractivity contribution in [3.05, 3.63) is 77.5 Å². The number of phenolic OH excluding ortho intramolecular Hbond substituents is 1. The molecule has 2 saturated carbocycles. The Hall–Kier alpha value is -5.95. The van der Waals surface area contributed by atoms with E-state index in [0.29, 0.717) is 71.0 Å². The monoisotopic (exact) mass is 921 g/mol. The van der Waals surface area contributed by atoms with Gasteiger partial charge in [-0.25, -0.2) is 13.6 Å². The van der Waals surface area contributed by atoms with Crippen LogP contribution in [0, 0.1) is 34.8 Å². The van der Waals surface area contributed by atoms with Crippen molar-refractivity contribution in [3.63, 3.8) is 0 Å². The van der Waals surface area contributed by atoms with Gasteiger partial charge in [0, 0.05) is 79.0 Å². The molecule has 2 bridgehead atoms. The van der Waals surface area contributed by atoms with Crippen LogP contribution in [0.3, 0.4) is 0 Å². The molecule has 5 aromatic rings. The first-order chi connectivity index (χ1) is 33.0. The van der Waals surface area contributed by atoms with Gasteiger partial charge < -0.3 is 29.9 Å². The maximum Gasteiger partial charge on any atom is 0.328 e. The Morgan fingerprint density at radius 3 is 2.43 bits per heavy atom. The third kappa shape index (κ3) is 7.97. The fourth-order valence-corrected chi connectivity index (χ4v) is 12.6. The Kier molecular flexibility index (Phi) is 10.8. The number of piperazine rings is 1. The van der Waals surface area contributed by atoms with E-state index in [1.807, 2.05) is 12.1 Å². The highest BCUT2D eigenvalue weighted by Gasteiger charge is 2.51. The molecule has 12 rings (SSSR count). The fourth-order valence-electron chi connectivity index (χ4n) is 12.6. The summed E-state index contributed by atoms with van der Waals surface area (Å²) >= 11 is 0. The molecule has 2 aromatic heterocycles. The number of ether oxygens (including phenoxy) is 1. The molecule has 2 aliphatic carbocycles. The van der Waals surface area contributed by atoms with Gasteiger partial charge in [0.15, 0.2) is 5.82 Å². The van der Waals surface area contributed by atoms with Gasteiger partial charge in [-0.3, -0.25) is 20.0 Å². The van der Waals surface area contributed by atoms with Crippen molar-refractivity contribution in [1.29, 1.82) is 0 Å². The average molecular weight is 922 g/mol. The van der Waals surface area contributed by atoms with Gasteiger partial charge in [0.2, 0.25) is 5.91 Å². The second kappa shape index (κ2) is 16.9. The predicted octanol–water partition coefficient (Wildman–Crippen LogP) is 7.48. The number of pyridine rings is 1. The van der Waals surface area contributed by atoms with E-state index in [9.17, 15) is 14.7 Å². The van der Waals surface area contributed by atoms with Crippen LogP contribution < -0.4 is 25.2 Å². The minimum atomic E-state index is -0.716. The van der Waals surface area contributed by atoms with E-state index in [2.05, 4.69) is 48.4 Å². The van der Waals surface area contributed by atoms with Crippen molar-refractivity contribution >= 4 is 45.1 Å². The zero-order valence-corrected chi connectivity index (χ0v) is 38.3. The Balaban J connectivity index is 0.697. The first kappa shape index (κ1) is 43.3. The first-order valence-corrected chi connectivity index (χ1v) is 24.6. The number of nitrogens with one attached hydrogen (secondary N) is 2. The van der Waals surface area contributed by atoms with Crippen molar-refractivity contribution in [2.75, 3.05) is 68.8 Å².